The van der Waals surface area contributed by atoms with Gasteiger partial charge in [0.15, 0.2) is 0 Å². The topological polar surface area (TPSA) is 76.2 Å². The Bertz CT molecular complexity index is 576. The van der Waals surface area contributed by atoms with Gasteiger partial charge in [-0.25, -0.2) is 0 Å². The fraction of sp³-hybridized carbons (Fsp3) is 0.182. The molecule has 0 unspecified atom stereocenters. The molecule has 0 spiro atoms. The molecule has 5 heteroatoms. The number of nitrogens with two attached hydrogens (primary N) is 1. The van der Waals surface area contributed by atoms with Crippen molar-refractivity contribution in [2.45, 2.75) is 0 Å². The molecule has 0 fully saturated rings. The Morgan fingerprint density at radius 3 is 2.88 bits per heavy atom. The maximum atomic E-state index is 5.98. The minimum Gasteiger partial charge on any atom is -0.398 e. The number of nitrogen functional groups attached to an aromatic ring is 1. The van der Waals surface area contributed by atoms with Gasteiger partial charge in [0.05, 0.1) is 17.6 Å². The van der Waals surface area contributed by atoms with Crippen molar-refractivity contribution in [2.75, 3.05) is 18.8 Å². The summed E-state index contributed by atoms with van der Waals surface area (Å²) in [4.78, 5) is 13.0. The third-order valence-electron chi connectivity index (χ3n) is 2.58. The van der Waals surface area contributed by atoms with Gasteiger partial charge in [0.25, 0.3) is 0 Å². The number of aromatic nitrogens is 2. The van der Waals surface area contributed by atoms with Crippen molar-refractivity contribution in [2.24, 2.45) is 4.99 Å². The monoisotopic (exact) mass is 213 g/mol. The number of fused-ring (bicyclic) bond motifs is 1. The van der Waals surface area contributed by atoms with E-state index in [0.717, 1.165) is 35.5 Å². The second-order valence-corrected chi connectivity index (χ2v) is 3.61. The van der Waals surface area contributed by atoms with Gasteiger partial charge in [-0.3, -0.25) is 15.0 Å². The van der Waals surface area contributed by atoms with Crippen LogP contribution in [0.15, 0.2) is 29.5 Å². The Labute approximate surface area is 92.4 Å². The SMILES string of the molecule is Nc1ccc2nccnc2c1C1=NCCN1. The van der Waals surface area contributed by atoms with Gasteiger partial charge in [-0.2, -0.15) is 0 Å². The lowest BCUT2D eigenvalue weighted by atomic mass is 10.1. The molecule has 0 aliphatic carbocycles. The second-order valence-electron chi connectivity index (χ2n) is 3.61. The summed E-state index contributed by atoms with van der Waals surface area (Å²) in [5.41, 5.74) is 9.16. The van der Waals surface area contributed by atoms with E-state index in [1.165, 1.54) is 0 Å². The van der Waals surface area contributed by atoms with Crippen LogP contribution in [0.4, 0.5) is 5.69 Å². The largest absolute Gasteiger partial charge is 0.398 e. The fourth-order valence-corrected chi connectivity index (χ4v) is 1.87. The van der Waals surface area contributed by atoms with Gasteiger partial charge in [-0.05, 0) is 12.1 Å². The average Bonchev–Trinajstić information content (AvgIpc) is 2.82. The summed E-state index contributed by atoms with van der Waals surface area (Å²) in [6.07, 6.45) is 3.34. The molecule has 0 atom stereocenters. The zero-order valence-electron chi connectivity index (χ0n) is 8.64. The molecule has 80 valence electrons. The lowest BCUT2D eigenvalue weighted by Gasteiger charge is -2.08. The predicted octanol–water partition coefficient (Wildman–Crippen LogP) is 0.562. The average molecular weight is 213 g/mol. The summed E-state index contributed by atoms with van der Waals surface area (Å²) in [5.74, 6) is 0.823. The number of hydrogen-bond acceptors (Lipinski definition) is 5. The normalized spacial score (nSPS) is 14.9. The van der Waals surface area contributed by atoms with E-state index >= 15 is 0 Å². The van der Waals surface area contributed by atoms with Crippen molar-refractivity contribution in [3.05, 3.63) is 30.1 Å². The Balaban J connectivity index is 2.32. The molecule has 1 aliphatic heterocycles. The molecule has 1 aliphatic rings. The van der Waals surface area contributed by atoms with Crippen LogP contribution in [0.2, 0.25) is 0 Å². The van der Waals surface area contributed by atoms with E-state index < -0.39 is 0 Å². The van der Waals surface area contributed by atoms with E-state index in [4.69, 9.17) is 5.73 Å². The van der Waals surface area contributed by atoms with Crippen molar-refractivity contribution in [1.29, 1.82) is 0 Å². The van der Waals surface area contributed by atoms with Gasteiger partial charge >= 0.3 is 0 Å². The van der Waals surface area contributed by atoms with Gasteiger partial charge in [0.2, 0.25) is 0 Å². The van der Waals surface area contributed by atoms with E-state index in [1.54, 1.807) is 12.4 Å². The van der Waals surface area contributed by atoms with Crippen molar-refractivity contribution in [3.63, 3.8) is 0 Å². The summed E-state index contributed by atoms with van der Waals surface area (Å²) >= 11 is 0. The van der Waals surface area contributed by atoms with Crippen LogP contribution in [0.25, 0.3) is 11.0 Å². The molecule has 0 saturated carbocycles. The summed E-state index contributed by atoms with van der Waals surface area (Å²) in [6.45, 7) is 1.64. The number of hydrogen-bond donors (Lipinski definition) is 2. The minimum atomic E-state index is 0.682. The van der Waals surface area contributed by atoms with Gasteiger partial charge in [0.1, 0.15) is 11.4 Å². The Morgan fingerprint density at radius 1 is 1.19 bits per heavy atom. The molecule has 2 aromatic rings. The Hall–Kier alpha value is -2.17. The predicted molar refractivity (Wildman–Crippen MR) is 63.4 cm³/mol. The number of anilines is 1. The molecule has 2 heterocycles. The quantitative estimate of drug-likeness (QED) is 0.679. The van der Waals surface area contributed by atoms with E-state index in [-0.39, 0.29) is 0 Å². The van der Waals surface area contributed by atoms with Crippen molar-refractivity contribution >= 4 is 22.6 Å². The smallest absolute Gasteiger partial charge is 0.132 e. The summed E-state index contributed by atoms with van der Waals surface area (Å²) < 4.78 is 0. The zero-order valence-corrected chi connectivity index (χ0v) is 8.64. The van der Waals surface area contributed by atoms with Crippen LogP contribution in [0.1, 0.15) is 5.56 Å². The molecule has 16 heavy (non-hydrogen) atoms. The number of aliphatic imine (C=N–C) groups is 1. The summed E-state index contributed by atoms with van der Waals surface area (Å²) in [5, 5.41) is 3.21. The first-order chi connectivity index (χ1) is 7.86. The first-order valence-corrected chi connectivity index (χ1v) is 5.14. The number of nitrogens with one attached hydrogen (secondary N) is 1. The highest BCUT2D eigenvalue weighted by Gasteiger charge is 2.15. The molecule has 1 aromatic heterocycles. The molecule has 0 bridgehead atoms. The first kappa shape index (κ1) is 9.08. The van der Waals surface area contributed by atoms with E-state index in [9.17, 15) is 0 Å². The van der Waals surface area contributed by atoms with Crippen LogP contribution in [-0.2, 0) is 0 Å². The van der Waals surface area contributed by atoms with Gasteiger partial charge in [-0.1, -0.05) is 0 Å². The maximum absolute atomic E-state index is 5.98. The number of nitrogens with zero attached hydrogens (tertiary/aromatic N) is 3. The van der Waals surface area contributed by atoms with Crippen LogP contribution in [0, 0.1) is 0 Å². The van der Waals surface area contributed by atoms with E-state index in [1.807, 2.05) is 12.1 Å². The van der Waals surface area contributed by atoms with Crippen LogP contribution < -0.4 is 11.1 Å². The number of amidine groups is 1. The first-order valence-electron chi connectivity index (χ1n) is 5.14. The highest BCUT2D eigenvalue weighted by molar-refractivity contribution is 6.12. The third-order valence-corrected chi connectivity index (χ3v) is 2.58. The molecular formula is C11H11N5. The lowest BCUT2D eigenvalue weighted by Crippen LogP contribution is -2.21. The van der Waals surface area contributed by atoms with Crippen molar-refractivity contribution < 1.29 is 0 Å². The lowest BCUT2D eigenvalue weighted by molar-refractivity contribution is 0.960. The standard InChI is InChI=1S/C11H11N5/c12-7-1-2-8-10(14-4-3-13-8)9(7)11-15-5-6-16-11/h1-4H,5-6,12H2,(H,15,16). The number of benzene rings is 1. The highest BCUT2D eigenvalue weighted by Crippen LogP contribution is 2.21. The molecule has 3 N–H and O–H groups in total. The molecule has 0 amide bonds. The van der Waals surface area contributed by atoms with Gasteiger partial charge in [-0.15, -0.1) is 0 Å². The maximum Gasteiger partial charge on any atom is 0.132 e. The number of rotatable bonds is 1. The molecule has 0 radical (unpaired) electrons. The zero-order chi connectivity index (χ0) is 11.0. The van der Waals surface area contributed by atoms with Crippen molar-refractivity contribution in [1.82, 2.24) is 15.3 Å². The van der Waals surface area contributed by atoms with Crippen LogP contribution >= 0.6 is 0 Å². The highest BCUT2D eigenvalue weighted by atomic mass is 15.1. The minimum absolute atomic E-state index is 0.682. The Morgan fingerprint density at radius 2 is 2.06 bits per heavy atom. The molecular weight excluding hydrogens is 202 g/mol. The summed E-state index contributed by atoms with van der Waals surface area (Å²) in [7, 11) is 0. The van der Waals surface area contributed by atoms with Crippen LogP contribution in [-0.4, -0.2) is 28.9 Å². The van der Waals surface area contributed by atoms with Crippen molar-refractivity contribution in [3.8, 4) is 0 Å². The summed E-state index contributed by atoms with van der Waals surface area (Å²) in [6, 6.07) is 3.71. The van der Waals surface area contributed by atoms with Crippen LogP contribution in [0.3, 0.4) is 0 Å². The molecule has 1 aromatic carbocycles. The third kappa shape index (κ3) is 1.29. The molecule has 0 saturated heterocycles. The van der Waals surface area contributed by atoms with Gasteiger partial charge < -0.3 is 11.1 Å². The van der Waals surface area contributed by atoms with E-state index in [2.05, 4.69) is 20.3 Å². The molecule has 5 nitrogen and oxygen atoms in total. The van der Waals surface area contributed by atoms with Gasteiger partial charge in [0, 0.05) is 24.6 Å². The van der Waals surface area contributed by atoms with Crippen LogP contribution in [0.5, 0.6) is 0 Å². The molecule has 3 rings (SSSR count). The fourth-order valence-electron chi connectivity index (χ4n) is 1.87. The Kier molecular flexibility index (Phi) is 1.96. The second kappa shape index (κ2) is 3.44. The van der Waals surface area contributed by atoms with E-state index in [0.29, 0.717) is 5.69 Å².